The molecule has 0 saturated carbocycles. The molecule has 1 aliphatic rings. The fourth-order valence-electron chi connectivity index (χ4n) is 3.90. The van der Waals surface area contributed by atoms with Gasteiger partial charge in [-0.2, -0.15) is 0 Å². The number of carboxylic acid groups (broad SMARTS) is 1. The number of benzene rings is 2. The zero-order valence-corrected chi connectivity index (χ0v) is 15.3. The van der Waals surface area contributed by atoms with Crippen LogP contribution in [-0.4, -0.2) is 38.6 Å². The van der Waals surface area contributed by atoms with E-state index in [0.717, 1.165) is 36.2 Å². The van der Waals surface area contributed by atoms with Gasteiger partial charge in [-0.1, -0.05) is 18.2 Å². The molecule has 4 rings (SSSR count). The van der Waals surface area contributed by atoms with Crippen molar-refractivity contribution in [1.29, 1.82) is 0 Å². The Bertz CT molecular complexity index is 1020. The van der Waals surface area contributed by atoms with Gasteiger partial charge in [0, 0.05) is 35.9 Å². The van der Waals surface area contributed by atoms with E-state index in [4.69, 9.17) is 0 Å². The molecule has 28 heavy (non-hydrogen) atoms. The van der Waals surface area contributed by atoms with E-state index in [2.05, 4.69) is 21.7 Å². The van der Waals surface area contributed by atoms with Gasteiger partial charge in [-0.3, -0.25) is 19.8 Å². The summed E-state index contributed by atoms with van der Waals surface area (Å²) in [6.07, 6.45) is 3.43. The number of hydrogen-bond acceptors (Lipinski definition) is 4. The average Bonchev–Trinajstić information content (AvgIpc) is 3.07. The molecule has 1 aromatic heterocycles. The quantitative estimate of drug-likeness (QED) is 0.537. The molecule has 7 heteroatoms. The number of carboxylic acids is 1. The van der Waals surface area contributed by atoms with Gasteiger partial charge in [0.05, 0.1) is 16.4 Å². The number of nitro benzene ring substituents is 1. The number of likely N-dealkylation sites (tertiary alicyclic amines) is 1. The maximum Gasteiger partial charge on any atom is 0.306 e. The first kappa shape index (κ1) is 18.2. The third-order valence-corrected chi connectivity index (χ3v) is 5.46. The van der Waals surface area contributed by atoms with Crippen LogP contribution in [0, 0.1) is 16.0 Å². The molecule has 0 amide bonds. The van der Waals surface area contributed by atoms with Crippen molar-refractivity contribution in [3.63, 3.8) is 0 Å². The Hall–Kier alpha value is -3.19. The highest BCUT2D eigenvalue weighted by Crippen LogP contribution is 2.28. The van der Waals surface area contributed by atoms with Crippen LogP contribution in [0.5, 0.6) is 0 Å². The third kappa shape index (κ3) is 3.48. The molecule has 2 aromatic carbocycles. The van der Waals surface area contributed by atoms with E-state index in [1.807, 2.05) is 18.2 Å². The van der Waals surface area contributed by atoms with Crippen molar-refractivity contribution in [2.75, 3.05) is 13.1 Å². The van der Waals surface area contributed by atoms with E-state index in [0.29, 0.717) is 12.8 Å². The minimum Gasteiger partial charge on any atom is -0.481 e. The number of aromatic nitrogens is 1. The second-order valence-electron chi connectivity index (χ2n) is 7.20. The minimum absolute atomic E-state index is 0.0711. The predicted octanol–water partition coefficient (Wildman–Crippen LogP) is 3.84. The second-order valence-corrected chi connectivity index (χ2v) is 7.20. The van der Waals surface area contributed by atoms with Crippen LogP contribution in [0.2, 0.25) is 0 Å². The number of fused-ring (bicyclic) bond motifs is 1. The molecule has 1 fully saturated rings. The normalized spacial score (nSPS) is 15.7. The molecule has 0 unspecified atom stereocenters. The van der Waals surface area contributed by atoms with Gasteiger partial charge in [0.25, 0.3) is 5.69 Å². The fraction of sp³-hybridized carbons (Fsp3) is 0.286. The highest BCUT2D eigenvalue weighted by atomic mass is 16.6. The number of aliphatic carboxylic acids is 1. The van der Waals surface area contributed by atoms with Gasteiger partial charge in [0.1, 0.15) is 0 Å². The summed E-state index contributed by atoms with van der Waals surface area (Å²) in [7, 11) is 0. The Morgan fingerprint density at radius 2 is 1.79 bits per heavy atom. The first-order chi connectivity index (χ1) is 13.5. The molecule has 0 bridgehead atoms. The van der Waals surface area contributed by atoms with Crippen molar-refractivity contribution in [3.8, 4) is 5.69 Å². The molecule has 0 aliphatic carbocycles. The van der Waals surface area contributed by atoms with Crippen molar-refractivity contribution >= 4 is 22.6 Å². The van der Waals surface area contributed by atoms with Gasteiger partial charge >= 0.3 is 5.97 Å². The number of nitro groups is 1. The molecule has 1 N–H and O–H groups in total. The molecule has 7 nitrogen and oxygen atoms in total. The zero-order chi connectivity index (χ0) is 19.7. The van der Waals surface area contributed by atoms with Gasteiger partial charge in [-0.15, -0.1) is 0 Å². The predicted molar refractivity (Wildman–Crippen MR) is 106 cm³/mol. The topological polar surface area (TPSA) is 88.6 Å². The first-order valence-corrected chi connectivity index (χ1v) is 9.32. The van der Waals surface area contributed by atoms with E-state index in [9.17, 15) is 20.0 Å². The lowest BCUT2D eigenvalue weighted by atomic mass is 9.97. The summed E-state index contributed by atoms with van der Waals surface area (Å²) in [5.41, 5.74) is 3.16. The number of piperidine rings is 1. The molecular weight excluding hydrogens is 358 g/mol. The van der Waals surface area contributed by atoms with Crippen molar-refractivity contribution < 1.29 is 14.8 Å². The molecule has 1 saturated heterocycles. The number of carbonyl (C=O) groups is 1. The number of nitrogens with zero attached hydrogens (tertiary/aromatic N) is 3. The van der Waals surface area contributed by atoms with E-state index in [-0.39, 0.29) is 11.6 Å². The van der Waals surface area contributed by atoms with Gasteiger partial charge < -0.3 is 9.67 Å². The smallest absolute Gasteiger partial charge is 0.306 e. The van der Waals surface area contributed by atoms with Gasteiger partial charge in [0.15, 0.2) is 0 Å². The average molecular weight is 379 g/mol. The van der Waals surface area contributed by atoms with E-state index < -0.39 is 10.9 Å². The molecule has 0 atom stereocenters. The Kier molecular flexibility index (Phi) is 4.83. The highest BCUT2D eigenvalue weighted by molar-refractivity contribution is 5.85. The number of rotatable bonds is 5. The highest BCUT2D eigenvalue weighted by Gasteiger charge is 2.25. The molecule has 1 aliphatic heterocycles. The molecular formula is C21H21N3O4. The second kappa shape index (κ2) is 7.44. The Balaban J connectivity index is 1.62. The summed E-state index contributed by atoms with van der Waals surface area (Å²) in [6, 6.07) is 14.6. The van der Waals surface area contributed by atoms with Crippen molar-refractivity contribution in [2.24, 2.45) is 5.92 Å². The summed E-state index contributed by atoms with van der Waals surface area (Å²) in [5, 5.41) is 21.2. The monoisotopic (exact) mass is 379 g/mol. The SMILES string of the molecule is O=C(O)C1CCN(Cc2cn(-c3ccc([N+](=O)[O-])cc3)c3ccccc23)CC1. The maximum atomic E-state index is 11.2. The van der Waals surface area contributed by atoms with Gasteiger partial charge in [-0.25, -0.2) is 0 Å². The van der Waals surface area contributed by atoms with E-state index in [1.54, 1.807) is 12.1 Å². The Morgan fingerprint density at radius 1 is 1.11 bits per heavy atom. The zero-order valence-electron chi connectivity index (χ0n) is 15.3. The lowest BCUT2D eigenvalue weighted by Crippen LogP contribution is -2.35. The number of hydrogen-bond donors (Lipinski definition) is 1. The Labute approximate surface area is 162 Å². The van der Waals surface area contributed by atoms with Crippen molar-refractivity contribution in [3.05, 3.63) is 70.4 Å². The van der Waals surface area contributed by atoms with Gasteiger partial charge in [0.2, 0.25) is 0 Å². The summed E-state index contributed by atoms with van der Waals surface area (Å²) in [4.78, 5) is 24.0. The molecule has 2 heterocycles. The summed E-state index contributed by atoms with van der Waals surface area (Å²) in [6.45, 7) is 2.30. The maximum absolute atomic E-state index is 11.2. The van der Waals surface area contributed by atoms with E-state index in [1.165, 1.54) is 17.7 Å². The Morgan fingerprint density at radius 3 is 2.43 bits per heavy atom. The molecule has 3 aromatic rings. The molecule has 0 spiro atoms. The summed E-state index contributed by atoms with van der Waals surface area (Å²) >= 11 is 0. The largest absolute Gasteiger partial charge is 0.481 e. The minimum atomic E-state index is -0.700. The van der Waals surface area contributed by atoms with Gasteiger partial charge in [-0.05, 0) is 49.7 Å². The van der Waals surface area contributed by atoms with Crippen molar-refractivity contribution in [2.45, 2.75) is 19.4 Å². The summed E-state index contributed by atoms with van der Waals surface area (Å²) < 4.78 is 2.05. The van der Waals surface area contributed by atoms with Crippen LogP contribution in [0.1, 0.15) is 18.4 Å². The molecule has 0 radical (unpaired) electrons. The van der Waals surface area contributed by atoms with E-state index >= 15 is 0 Å². The van der Waals surface area contributed by atoms with Crippen LogP contribution >= 0.6 is 0 Å². The number of non-ortho nitro benzene ring substituents is 1. The van der Waals surface area contributed by atoms with Crippen molar-refractivity contribution in [1.82, 2.24) is 9.47 Å². The lowest BCUT2D eigenvalue weighted by Gasteiger charge is -2.29. The van der Waals surface area contributed by atoms with Crippen LogP contribution in [-0.2, 0) is 11.3 Å². The van der Waals surface area contributed by atoms with Crippen LogP contribution in [0.15, 0.2) is 54.7 Å². The summed E-state index contributed by atoms with van der Waals surface area (Å²) in [5.74, 6) is -0.938. The van der Waals surface area contributed by atoms with Crippen LogP contribution < -0.4 is 0 Å². The first-order valence-electron chi connectivity index (χ1n) is 9.32. The standard InChI is InChI=1S/C21H21N3O4/c25-21(26)15-9-11-22(12-10-15)13-16-14-23(20-4-2-1-3-19(16)20)17-5-7-18(8-6-17)24(27)28/h1-8,14-15H,9-13H2,(H,25,26). The fourth-order valence-corrected chi connectivity index (χ4v) is 3.90. The molecule has 144 valence electrons. The van der Waals surface area contributed by atoms with Crippen LogP contribution in [0.4, 0.5) is 5.69 Å². The third-order valence-electron chi connectivity index (χ3n) is 5.46. The number of para-hydroxylation sites is 1. The van der Waals surface area contributed by atoms with Crippen LogP contribution in [0.3, 0.4) is 0 Å². The van der Waals surface area contributed by atoms with Crippen LogP contribution in [0.25, 0.3) is 16.6 Å². The lowest BCUT2D eigenvalue weighted by molar-refractivity contribution is -0.384.